The molecule has 5 nitrogen and oxygen atoms in total. The van der Waals surface area contributed by atoms with E-state index in [-0.39, 0.29) is 0 Å². The van der Waals surface area contributed by atoms with Gasteiger partial charge in [-0.15, -0.1) is 0 Å². The highest BCUT2D eigenvalue weighted by atomic mass is 16.3. The summed E-state index contributed by atoms with van der Waals surface area (Å²) in [6, 6.07) is 5.59. The van der Waals surface area contributed by atoms with E-state index in [1.54, 1.807) is 0 Å². The quantitative estimate of drug-likeness (QED) is 0.786. The van der Waals surface area contributed by atoms with Crippen molar-refractivity contribution in [3.05, 3.63) is 24.1 Å². The minimum atomic E-state index is 0.707. The maximum absolute atomic E-state index is 5.79. The van der Waals surface area contributed by atoms with Crippen molar-refractivity contribution < 1.29 is 4.42 Å². The molecule has 1 heterocycles. The number of nitrogen functional groups attached to an aromatic ring is 1. The van der Waals surface area contributed by atoms with Crippen molar-refractivity contribution >= 4 is 16.8 Å². The van der Waals surface area contributed by atoms with Crippen LogP contribution in [0, 0.1) is 0 Å². The molecule has 0 unspecified atom stereocenters. The second-order valence-electron chi connectivity index (χ2n) is 5.41. The highest BCUT2D eigenvalue weighted by molar-refractivity contribution is 5.76. The van der Waals surface area contributed by atoms with Gasteiger partial charge in [0.1, 0.15) is 5.52 Å². The first-order chi connectivity index (χ1) is 9.58. The van der Waals surface area contributed by atoms with Crippen LogP contribution >= 0.6 is 0 Å². The Morgan fingerprint density at radius 2 is 2.00 bits per heavy atom. The second-order valence-corrected chi connectivity index (χ2v) is 5.41. The van der Waals surface area contributed by atoms with Crippen LogP contribution in [0.25, 0.3) is 11.1 Å². The Morgan fingerprint density at radius 3 is 2.70 bits per heavy atom. The Bertz CT molecular complexity index is 550. The fraction of sp³-hybridized carbons (Fsp3) is 0.533. The van der Waals surface area contributed by atoms with E-state index in [4.69, 9.17) is 10.2 Å². The number of rotatable bonds is 7. The minimum Gasteiger partial charge on any atom is -0.439 e. The van der Waals surface area contributed by atoms with E-state index in [0.717, 1.165) is 49.6 Å². The Labute approximate surface area is 120 Å². The molecule has 1 aromatic carbocycles. The Hall–Kier alpha value is -1.59. The molecule has 0 atom stereocenters. The number of oxazole rings is 1. The van der Waals surface area contributed by atoms with Gasteiger partial charge in [0.15, 0.2) is 5.58 Å². The molecule has 0 amide bonds. The van der Waals surface area contributed by atoms with Crippen LogP contribution in [0.3, 0.4) is 0 Å². The smallest absolute Gasteiger partial charge is 0.209 e. The fourth-order valence-electron chi connectivity index (χ4n) is 2.18. The van der Waals surface area contributed by atoms with Crippen LogP contribution in [0.4, 0.5) is 5.69 Å². The average molecular weight is 276 g/mol. The molecule has 110 valence electrons. The molecule has 0 aliphatic rings. The van der Waals surface area contributed by atoms with Crippen molar-refractivity contribution in [3.8, 4) is 0 Å². The summed E-state index contributed by atoms with van der Waals surface area (Å²) in [4.78, 5) is 9.08. The van der Waals surface area contributed by atoms with Crippen molar-refractivity contribution in [2.45, 2.75) is 19.9 Å². The zero-order valence-electron chi connectivity index (χ0n) is 12.6. The van der Waals surface area contributed by atoms with Crippen LogP contribution in [0.15, 0.2) is 22.6 Å². The number of fused-ring (bicyclic) bond motifs is 1. The largest absolute Gasteiger partial charge is 0.439 e. The lowest BCUT2D eigenvalue weighted by Gasteiger charge is -2.21. The normalized spacial score (nSPS) is 11.8. The Morgan fingerprint density at radius 1 is 1.20 bits per heavy atom. The average Bonchev–Trinajstić information content (AvgIpc) is 2.77. The molecule has 0 saturated carbocycles. The van der Waals surface area contributed by atoms with Gasteiger partial charge in [0.25, 0.3) is 0 Å². The Kier molecular flexibility index (Phi) is 4.98. The molecule has 0 saturated heterocycles. The van der Waals surface area contributed by atoms with Gasteiger partial charge in [-0.25, -0.2) is 4.98 Å². The van der Waals surface area contributed by atoms with Crippen molar-refractivity contribution in [3.63, 3.8) is 0 Å². The van der Waals surface area contributed by atoms with Gasteiger partial charge in [-0.05, 0) is 39.2 Å². The van der Waals surface area contributed by atoms with Gasteiger partial charge in [-0.2, -0.15) is 0 Å². The maximum Gasteiger partial charge on any atom is 0.209 e. The number of nitrogens with two attached hydrogens (primary N) is 1. The van der Waals surface area contributed by atoms with E-state index in [2.05, 4.69) is 35.8 Å². The number of likely N-dealkylation sites (N-methyl/N-ethyl adjacent to an activating group) is 1. The number of aromatic nitrogens is 1. The van der Waals surface area contributed by atoms with Gasteiger partial charge < -0.3 is 15.1 Å². The summed E-state index contributed by atoms with van der Waals surface area (Å²) >= 11 is 0. The van der Waals surface area contributed by atoms with Crippen LogP contribution in [0.2, 0.25) is 0 Å². The number of hydrogen-bond acceptors (Lipinski definition) is 5. The summed E-state index contributed by atoms with van der Waals surface area (Å²) in [6.07, 6.45) is 1.13. The molecule has 0 aliphatic carbocycles. The van der Waals surface area contributed by atoms with Crippen molar-refractivity contribution in [2.24, 2.45) is 0 Å². The molecule has 2 aromatic rings. The Balaban J connectivity index is 2.07. The summed E-state index contributed by atoms with van der Waals surface area (Å²) in [7, 11) is 4.18. The number of anilines is 1. The monoisotopic (exact) mass is 276 g/mol. The molecular formula is C15H24N4O. The van der Waals surface area contributed by atoms with Crippen LogP contribution in [0.1, 0.15) is 19.2 Å². The third kappa shape index (κ3) is 3.95. The molecule has 0 aliphatic heterocycles. The minimum absolute atomic E-state index is 0.707. The first-order valence-corrected chi connectivity index (χ1v) is 7.10. The molecule has 0 radical (unpaired) electrons. The van der Waals surface area contributed by atoms with Crippen LogP contribution in [0.5, 0.6) is 0 Å². The summed E-state index contributed by atoms with van der Waals surface area (Å²) in [5, 5.41) is 0. The van der Waals surface area contributed by atoms with Crippen molar-refractivity contribution in [2.75, 3.05) is 39.5 Å². The summed E-state index contributed by atoms with van der Waals surface area (Å²) in [6.45, 7) is 6.04. The number of nitrogens with zero attached hydrogens (tertiary/aromatic N) is 3. The molecular weight excluding hydrogens is 252 g/mol. The zero-order chi connectivity index (χ0) is 14.5. The first-order valence-electron chi connectivity index (χ1n) is 7.10. The number of benzene rings is 1. The lowest BCUT2D eigenvalue weighted by atomic mass is 10.3. The number of hydrogen-bond donors (Lipinski definition) is 1. The van der Waals surface area contributed by atoms with Crippen molar-refractivity contribution in [1.82, 2.24) is 14.8 Å². The van der Waals surface area contributed by atoms with E-state index < -0.39 is 0 Å². The fourth-order valence-corrected chi connectivity index (χ4v) is 2.18. The van der Waals surface area contributed by atoms with E-state index in [9.17, 15) is 0 Å². The van der Waals surface area contributed by atoms with Crippen molar-refractivity contribution in [1.29, 1.82) is 0 Å². The van der Waals surface area contributed by atoms with E-state index in [1.165, 1.54) is 0 Å². The molecule has 5 heteroatoms. The third-order valence-corrected chi connectivity index (χ3v) is 3.22. The SMILES string of the molecule is CCCN(CCN(C)C)Cc1nc2ccc(N)cc2o1. The second kappa shape index (κ2) is 6.72. The van der Waals surface area contributed by atoms with Gasteiger partial charge >= 0.3 is 0 Å². The van der Waals surface area contributed by atoms with Crippen LogP contribution in [-0.2, 0) is 6.54 Å². The highest BCUT2D eigenvalue weighted by Crippen LogP contribution is 2.19. The maximum atomic E-state index is 5.79. The molecule has 0 fully saturated rings. The predicted octanol–water partition coefficient (Wildman–Crippen LogP) is 2.18. The molecule has 2 N–H and O–H groups in total. The van der Waals surface area contributed by atoms with Crippen LogP contribution in [-0.4, -0.2) is 48.5 Å². The lowest BCUT2D eigenvalue weighted by molar-refractivity contribution is 0.216. The molecule has 0 bridgehead atoms. The summed E-state index contributed by atoms with van der Waals surface area (Å²) < 4.78 is 5.79. The highest BCUT2D eigenvalue weighted by Gasteiger charge is 2.11. The molecule has 1 aromatic heterocycles. The van der Waals surface area contributed by atoms with Gasteiger partial charge in [0.05, 0.1) is 6.54 Å². The molecule has 2 rings (SSSR count). The zero-order valence-corrected chi connectivity index (χ0v) is 12.6. The van der Waals surface area contributed by atoms with E-state index in [0.29, 0.717) is 5.69 Å². The van der Waals surface area contributed by atoms with Gasteiger partial charge in [-0.1, -0.05) is 6.92 Å². The summed E-state index contributed by atoms with van der Waals surface area (Å²) in [5.74, 6) is 0.762. The van der Waals surface area contributed by atoms with Gasteiger partial charge in [0.2, 0.25) is 5.89 Å². The first kappa shape index (κ1) is 14.8. The lowest BCUT2D eigenvalue weighted by Crippen LogP contribution is -2.32. The van der Waals surface area contributed by atoms with Gasteiger partial charge in [0, 0.05) is 24.8 Å². The topological polar surface area (TPSA) is 58.5 Å². The standard InChI is InChI=1S/C15H24N4O/c1-4-7-19(9-8-18(2)3)11-15-17-13-6-5-12(16)10-14(13)20-15/h5-6,10H,4,7-9,11,16H2,1-3H3. The molecule has 0 spiro atoms. The summed E-state index contributed by atoms with van der Waals surface area (Å²) in [5.41, 5.74) is 8.11. The molecule has 20 heavy (non-hydrogen) atoms. The predicted molar refractivity (Wildman–Crippen MR) is 82.5 cm³/mol. The van der Waals surface area contributed by atoms with E-state index in [1.807, 2.05) is 18.2 Å². The van der Waals surface area contributed by atoms with Crippen LogP contribution < -0.4 is 5.73 Å². The third-order valence-electron chi connectivity index (χ3n) is 3.22. The van der Waals surface area contributed by atoms with E-state index >= 15 is 0 Å². The van der Waals surface area contributed by atoms with Gasteiger partial charge in [-0.3, -0.25) is 4.90 Å².